The highest BCUT2D eigenvalue weighted by Crippen LogP contribution is 2.44. The number of benzene rings is 1. The number of fused-ring (bicyclic) bond motifs is 1. The topological polar surface area (TPSA) is 24.5 Å². The molecule has 1 fully saturated rings. The van der Waals surface area contributed by atoms with Gasteiger partial charge in [-0.25, -0.2) is 0 Å². The minimum atomic E-state index is -0.0146. The molecule has 1 saturated heterocycles. The molecule has 0 aromatic heterocycles. The van der Waals surface area contributed by atoms with E-state index in [1.165, 1.54) is 18.5 Å². The van der Waals surface area contributed by atoms with E-state index in [-0.39, 0.29) is 5.60 Å². The summed E-state index contributed by atoms with van der Waals surface area (Å²) in [5, 5.41) is 4.22. The summed E-state index contributed by atoms with van der Waals surface area (Å²) in [6.07, 6.45) is 4.47. The summed E-state index contributed by atoms with van der Waals surface area (Å²) in [6.45, 7) is 2.28. The number of rotatable bonds is 1. The lowest BCUT2D eigenvalue weighted by molar-refractivity contribution is 0.0182. The van der Waals surface area contributed by atoms with Crippen LogP contribution in [0.25, 0.3) is 0 Å². The highest BCUT2D eigenvalue weighted by atomic mass is 35.5. The number of nitrogens with zero attached hydrogens (tertiary/aromatic N) is 1. The van der Waals surface area contributed by atoms with Crippen LogP contribution in [-0.4, -0.2) is 37.7 Å². The van der Waals surface area contributed by atoms with Gasteiger partial charge in [-0.3, -0.25) is 0 Å². The number of nitrogens with one attached hydrogen (secondary N) is 1. The first-order chi connectivity index (χ1) is 9.62. The van der Waals surface area contributed by atoms with Gasteiger partial charge in [0.15, 0.2) is 0 Å². The molecule has 2 heterocycles. The molecule has 0 saturated carbocycles. The van der Waals surface area contributed by atoms with E-state index >= 15 is 0 Å². The maximum absolute atomic E-state index is 6.45. The molecule has 1 spiro atoms. The highest BCUT2D eigenvalue weighted by Gasteiger charge is 2.41. The second kappa shape index (κ2) is 5.55. The zero-order valence-corrected chi connectivity index (χ0v) is 13.0. The zero-order valence-electron chi connectivity index (χ0n) is 12.3. The van der Waals surface area contributed by atoms with Crippen molar-refractivity contribution < 1.29 is 4.74 Å². The zero-order chi connectivity index (χ0) is 14.2. The van der Waals surface area contributed by atoms with E-state index in [0.29, 0.717) is 6.04 Å². The minimum Gasteiger partial charge on any atom is -0.487 e. The fraction of sp³-hybridized carbons (Fsp3) is 0.625. The molecule has 20 heavy (non-hydrogen) atoms. The summed E-state index contributed by atoms with van der Waals surface area (Å²) in [5.41, 5.74) is 1.18. The largest absolute Gasteiger partial charge is 0.487 e. The van der Waals surface area contributed by atoms with Gasteiger partial charge >= 0.3 is 0 Å². The van der Waals surface area contributed by atoms with E-state index in [1.807, 2.05) is 25.2 Å². The lowest BCUT2D eigenvalue weighted by Crippen LogP contribution is -2.44. The Morgan fingerprint density at radius 1 is 1.35 bits per heavy atom. The van der Waals surface area contributed by atoms with Gasteiger partial charge in [0.1, 0.15) is 11.4 Å². The third-order valence-electron chi connectivity index (χ3n) is 4.72. The van der Waals surface area contributed by atoms with E-state index in [4.69, 9.17) is 16.3 Å². The summed E-state index contributed by atoms with van der Waals surface area (Å²) in [5.74, 6) is 1.00. The van der Waals surface area contributed by atoms with Crippen molar-refractivity contribution in [2.45, 2.75) is 37.3 Å². The lowest BCUT2D eigenvalue weighted by Gasteiger charge is -2.42. The molecule has 0 radical (unpaired) electrons. The maximum atomic E-state index is 6.45. The molecule has 0 bridgehead atoms. The molecule has 0 amide bonds. The Balaban J connectivity index is 1.92. The van der Waals surface area contributed by atoms with Crippen LogP contribution in [-0.2, 0) is 0 Å². The van der Waals surface area contributed by atoms with Crippen molar-refractivity contribution >= 4 is 11.6 Å². The minimum absolute atomic E-state index is 0.0146. The molecule has 2 unspecified atom stereocenters. The number of likely N-dealkylation sites (tertiary alicyclic amines) is 1. The molecule has 1 aromatic rings. The number of ether oxygens (including phenoxy) is 1. The Hall–Kier alpha value is -0.770. The third-order valence-corrected chi connectivity index (χ3v) is 4.95. The van der Waals surface area contributed by atoms with Gasteiger partial charge in [0.2, 0.25) is 0 Å². The predicted molar refractivity (Wildman–Crippen MR) is 82.6 cm³/mol. The Morgan fingerprint density at radius 3 is 3.00 bits per heavy atom. The summed E-state index contributed by atoms with van der Waals surface area (Å²) in [7, 11) is 4.22. The molecule has 2 atom stereocenters. The van der Waals surface area contributed by atoms with Crippen LogP contribution in [0, 0.1) is 0 Å². The maximum Gasteiger partial charge on any atom is 0.125 e. The SMILES string of the molecule is CNC1CC2(CCCN(C)CC2)Oc2ccc(Cl)cc21. The van der Waals surface area contributed by atoms with Gasteiger partial charge in [-0.2, -0.15) is 0 Å². The first-order valence-electron chi connectivity index (χ1n) is 7.46. The Kier molecular flexibility index (Phi) is 3.93. The van der Waals surface area contributed by atoms with E-state index in [0.717, 1.165) is 36.6 Å². The number of hydrogen-bond donors (Lipinski definition) is 1. The normalized spacial score (nSPS) is 30.6. The predicted octanol–water partition coefficient (Wildman–Crippen LogP) is 3.24. The van der Waals surface area contributed by atoms with Gasteiger partial charge in [0.05, 0.1) is 0 Å². The second-order valence-corrected chi connectivity index (χ2v) is 6.61. The molecule has 1 aromatic carbocycles. The van der Waals surface area contributed by atoms with Crippen LogP contribution < -0.4 is 10.1 Å². The van der Waals surface area contributed by atoms with Crippen LogP contribution in [0.1, 0.15) is 37.3 Å². The fourth-order valence-electron chi connectivity index (χ4n) is 3.51. The quantitative estimate of drug-likeness (QED) is 0.860. The second-order valence-electron chi connectivity index (χ2n) is 6.17. The summed E-state index contributed by atoms with van der Waals surface area (Å²) < 4.78 is 6.45. The molecular formula is C16H23ClN2O. The van der Waals surface area contributed by atoms with Crippen molar-refractivity contribution in [1.29, 1.82) is 0 Å². The molecule has 0 aliphatic carbocycles. The molecule has 110 valence electrons. The molecule has 3 rings (SSSR count). The van der Waals surface area contributed by atoms with Crippen LogP contribution in [0.3, 0.4) is 0 Å². The third kappa shape index (κ3) is 2.67. The van der Waals surface area contributed by atoms with Crippen LogP contribution in [0.2, 0.25) is 5.02 Å². The van der Waals surface area contributed by atoms with Gasteiger partial charge < -0.3 is 15.0 Å². The highest BCUT2D eigenvalue weighted by molar-refractivity contribution is 6.30. The van der Waals surface area contributed by atoms with Gasteiger partial charge in [0.25, 0.3) is 0 Å². The molecule has 4 heteroatoms. The number of hydrogen-bond acceptors (Lipinski definition) is 3. The van der Waals surface area contributed by atoms with Crippen LogP contribution in [0.5, 0.6) is 5.75 Å². The number of halogens is 1. The van der Waals surface area contributed by atoms with E-state index in [2.05, 4.69) is 17.3 Å². The van der Waals surface area contributed by atoms with Crippen LogP contribution in [0.15, 0.2) is 18.2 Å². The van der Waals surface area contributed by atoms with Crippen molar-refractivity contribution in [3.8, 4) is 5.75 Å². The summed E-state index contributed by atoms with van der Waals surface area (Å²) >= 11 is 6.13. The van der Waals surface area contributed by atoms with Crippen molar-refractivity contribution in [2.24, 2.45) is 0 Å². The first kappa shape index (κ1) is 14.2. The molecule has 3 nitrogen and oxygen atoms in total. The Bertz CT molecular complexity index is 493. The van der Waals surface area contributed by atoms with Crippen molar-refractivity contribution in [3.05, 3.63) is 28.8 Å². The van der Waals surface area contributed by atoms with Gasteiger partial charge in [-0.1, -0.05) is 11.6 Å². The van der Waals surface area contributed by atoms with Crippen LogP contribution >= 0.6 is 11.6 Å². The van der Waals surface area contributed by atoms with Crippen molar-refractivity contribution in [3.63, 3.8) is 0 Å². The van der Waals surface area contributed by atoms with Crippen molar-refractivity contribution in [1.82, 2.24) is 10.2 Å². The average molecular weight is 295 g/mol. The molecule has 2 aliphatic rings. The summed E-state index contributed by atoms with van der Waals surface area (Å²) in [4.78, 5) is 2.41. The molecule has 1 N–H and O–H groups in total. The molecular weight excluding hydrogens is 272 g/mol. The smallest absolute Gasteiger partial charge is 0.125 e. The van der Waals surface area contributed by atoms with Gasteiger partial charge in [-0.05, 0) is 58.1 Å². The first-order valence-corrected chi connectivity index (χ1v) is 7.84. The lowest BCUT2D eigenvalue weighted by atomic mass is 9.82. The van der Waals surface area contributed by atoms with E-state index in [1.54, 1.807) is 0 Å². The van der Waals surface area contributed by atoms with E-state index < -0.39 is 0 Å². The monoisotopic (exact) mass is 294 g/mol. The van der Waals surface area contributed by atoms with Crippen molar-refractivity contribution in [2.75, 3.05) is 27.2 Å². The summed E-state index contributed by atoms with van der Waals surface area (Å²) in [6, 6.07) is 6.32. The Morgan fingerprint density at radius 2 is 2.20 bits per heavy atom. The van der Waals surface area contributed by atoms with Gasteiger partial charge in [-0.15, -0.1) is 0 Å². The fourth-order valence-corrected chi connectivity index (χ4v) is 3.69. The molecule has 2 aliphatic heterocycles. The van der Waals surface area contributed by atoms with Gasteiger partial charge in [0, 0.05) is 29.6 Å². The van der Waals surface area contributed by atoms with Crippen LogP contribution in [0.4, 0.5) is 0 Å². The average Bonchev–Trinajstić information content (AvgIpc) is 2.61. The Labute approximate surface area is 126 Å². The standard InChI is InChI=1S/C16H23ClN2O/c1-18-14-11-16(6-3-8-19(2)9-7-16)20-15-5-4-12(17)10-13(14)15/h4-5,10,14,18H,3,6-9,11H2,1-2H3. The van der Waals surface area contributed by atoms with E-state index in [9.17, 15) is 0 Å².